The van der Waals surface area contributed by atoms with Crippen molar-refractivity contribution in [2.24, 2.45) is 5.73 Å². The molecule has 6 rings (SSSR count). The molecule has 5 nitrogen and oxygen atoms in total. The number of hydrogen-bond donors (Lipinski definition) is 2. The zero-order valence-electron chi connectivity index (χ0n) is 17.8. The lowest BCUT2D eigenvalue weighted by Crippen LogP contribution is -2.43. The number of benzene rings is 3. The van der Waals surface area contributed by atoms with E-state index in [0.29, 0.717) is 27.8 Å². The van der Waals surface area contributed by atoms with Crippen LogP contribution in [-0.2, 0) is 5.54 Å². The molecule has 2 aromatic heterocycles. The Morgan fingerprint density at radius 1 is 0.969 bits per heavy atom. The molecule has 0 radical (unpaired) electrons. The Labute approximate surface area is 184 Å². The summed E-state index contributed by atoms with van der Waals surface area (Å²) in [4.78, 5) is 21.6. The molecular weight excluding hydrogens is 398 g/mol. The average Bonchev–Trinajstić information content (AvgIpc) is 3.19. The molecule has 0 amide bonds. The van der Waals surface area contributed by atoms with E-state index in [1.165, 1.54) is 0 Å². The van der Waals surface area contributed by atoms with Gasteiger partial charge in [-0.3, -0.25) is 4.79 Å². The van der Waals surface area contributed by atoms with Crippen LogP contribution < -0.4 is 11.2 Å². The zero-order chi connectivity index (χ0) is 21.9. The summed E-state index contributed by atoms with van der Waals surface area (Å²) in [5, 5.41) is 0.525. The van der Waals surface area contributed by atoms with Crippen LogP contribution in [0.5, 0.6) is 0 Å². The van der Waals surface area contributed by atoms with Crippen LogP contribution in [-0.4, -0.2) is 9.97 Å². The number of nitrogens with one attached hydrogen (secondary N) is 1. The minimum atomic E-state index is -0.238. The molecule has 32 heavy (non-hydrogen) atoms. The van der Waals surface area contributed by atoms with Gasteiger partial charge in [0.2, 0.25) is 5.43 Å². The highest BCUT2D eigenvalue weighted by Crippen LogP contribution is 2.40. The lowest BCUT2D eigenvalue weighted by atomic mass is 9.72. The van der Waals surface area contributed by atoms with Gasteiger partial charge >= 0.3 is 0 Å². The fourth-order valence-corrected chi connectivity index (χ4v) is 4.72. The maximum atomic E-state index is 13.8. The maximum Gasteiger partial charge on any atom is 0.201 e. The molecule has 3 aromatic carbocycles. The molecule has 0 aliphatic heterocycles. The predicted octanol–water partition coefficient (Wildman–Crippen LogP) is 5.65. The number of aryl methyl sites for hydroxylation is 1. The highest BCUT2D eigenvalue weighted by molar-refractivity contribution is 6.02. The van der Waals surface area contributed by atoms with E-state index in [0.717, 1.165) is 47.3 Å². The Hall–Kier alpha value is -3.70. The molecule has 0 atom stereocenters. The second-order valence-corrected chi connectivity index (χ2v) is 8.75. The van der Waals surface area contributed by atoms with Crippen molar-refractivity contribution in [2.45, 2.75) is 31.7 Å². The maximum absolute atomic E-state index is 13.8. The van der Waals surface area contributed by atoms with Crippen molar-refractivity contribution in [2.75, 3.05) is 0 Å². The first-order chi connectivity index (χ1) is 15.5. The Balaban J connectivity index is 1.63. The number of nitrogens with two attached hydrogens (primary N) is 1. The van der Waals surface area contributed by atoms with Crippen molar-refractivity contribution < 1.29 is 4.42 Å². The van der Waals surface area contributed by atoms with Crippen molar-refractivity contribution in [1.29, 1.82) is 0 Å². The second kappa shape index (κ2) is 6.90. The van der Waals surface area contributed by atoms with Crippen LogP contribution in [0.4, 0.5) is 0 Å². The largest absolute Gasteiger partial charge is 0.453 e. The normalized spacial score (nSPS) is 15.2. The van der Waals surface area contributed by atoms with Crippen LogP contribution in [0.3, 0.4) is 0 Å². The molecule has 1 aliphatic rings. The Morgan fingerprint density at radius 2 is 1.72 bits per heavy atom. The van der Waals surface area contributed by atoms with Gasteiger partial charge in [0.25, 0.3) is 0 Å². The number of aromatic amines is 1. The molecule has 1 aliphatic carbocycles. The molecule has 5 heteroatoms. The zero-order valence-corrected chi connectivity index (χ0v) is 17.8. The lowest BCUT2D eigenvalue weighted by Gasteiger charge is -2.38. The number of nitrogens with zero attached hydrogens (tertiary/aromatic N) is 1. The van der Waals surface area contributed by atoms with E-state index in [-0.39, 0.29) is 11.0 Å². The molecule has 0 spiro atoms. The fraction of sp³-hybridized carbons (Fsp3) is 0.185. The van der Waals surface area contributed by atoms with E-state index in [4.69, 9.17) is 10.2 Å². The van der Waals surface area contributed by atoms with Gasteiger partial charge in [-0.15, -0.1) is 0 Å². The van der Waals surface area contributed by atoms with Gasteiger partial charge in [0, 0.05) is 11.1 Å². The molecule has 158 valence electrons. The molecule has 3 N–H and O–H groups in total. The van der Waals surface area contributed by atoms with Gasteiger partial charge in [0.15, 0.2) is 5.58 Å². The van der Waals surface area contributed by atoms with Crippen LogP contribution >= 0.6 is 0 Å². The predicted molar refractivity (Wildman–Crippen MR) is 127 cm³/mol. The SMILES string of the molecule is Cc1nc2c(ccc3c(=O)c(-c4ccc(C5(N)CCC5)cc4)c(-c4ccccc4)oc32)[nH]1. The Morgan fingerprint density at radius 3 is 2.41 bits per heavy atom. The fourth-order valence-electron chi connectivity index (χ4n) is 4.72. The number of imidazole rings is 1. The van der Waals surface area contributed by atoms with Gasteiger partial charge in [0.05, 0.1) is 16.5 Å². The van der Waals surface area contributed by atoms with Gasteiger partial charge in [-0.2, -0.15) is 0 Å². The van der Waals surface area contributed by atoms with Crippen LogP contribution in [0.1, 0.15) is 30.7 Å². The number of rotatable bonds is 3. The van der Waals surface area contributed by atoms with E-state index in [9.17, 15) is 4.79 Å². The summed E-state index contributed by atoms with van der Waals surface area (Å²) >= 11 is 0. The topological polar surface area (TPSA) is 84.9 Å². The third-order valence-electron chi connectivity index (χ3n) is 6.66. The monoisotopic (exact) mass is 421 g/mol. The molecule has 1 saturated carbocycles. The number of fused-ring (bicyclic) bond motifs is 3. The number of aromatic nitrogens is 2. The van der Waals surface area contributed by atoms with Crippen molar-refractivity contribution >= 4 is 22.0 Å². The highest BCUT2D eigenvalue weighted by atomic mass is 16.3. The average molecular weight is 422 g/mol. The molecule has 2 heterocycles. The number of hydrogen-bond acceptors (Lipinski definition) is 4. The Bertz CT molecular complexity index is 1530. The summed E-state index contributed by atoms with van der Waals surface area (Å²) < 4.78 is 6.46. The van der Waals surface area contributed by atoms with E-state index < -0.39 is 0 Å². The molecule has 0 unspecified atom stereocenters. The van der Waals surface area contributed by atoms with Crippen molar-refractivity contribution in [1.82, 2.24) is 9.97 Å². The van der Waals surface area contributed by atoms with Crippen molar-refractivity contribution in [3.05, 3.63) is 88.3 Å². The first-order valence-electron chi connectivity index (χ1n) is 10.9. The molecule has 0 saturated heterocycles. The van der Waals surface area contributed by atoms with Gasteiger partial charge in [-0.25, -0.2) is 4.98 Å². The van der Waals surface area contributed by atoms with Gasteiger partial charge in [-0.05, 0) is 49.4 Å². The summed E-state index contributed by atoms with van der Waals surface area (Å²) in [7, 11) is 0. The summed E-state index contributed by atoms with van der Waals surface area (Å²) in [6.07, 6.45) is 3.16. The minimum absolute atomic E-state index is 0.0634. The van der Waals surface area contributed by atoms with Crippen LogP contribution in [0.15, 0.2) is 75.9 Å². The van der Waals surface area contributed by atoms with Crippen molar-refractivity contribution in [3.63, 3.8) is 0 Å². The van der Waals surface area contributed by atoms with E-state index in [2.05, 4.69) is 9.97 Å². The van der Waals surface area contributed by atoms with Crippen LogP contribution in [0.25, 0.3) is 44.5 Å². The van der Waals surface area contributed by atoms with Gasteiger partial charge < -0.3 is 15.1 Å². The lowest BCUT2D eigenvalue weighted by molar-refractivity contribution is 0.253. The van der Waals surface area contributed by atoms with Gasteiger partial charge in [-0.1, -0.05) is 54.6 Å². The van der Waals surface area contributed by atoms with Gasteiger partial charge in [0.1, 0.15) is 17.1 Å². The van der Waals surface area contributed by atoms with Crippen LogP contribution in [0.2, 0.25) is 0 Å². The van der Waals surface area contributed by atoms with E-state index >= 15 is 0 Å². The standard InChI is InChI=1S/C27H23N3O2/c1-16-29-21-13-12-20-24(31)22(17-8-10-19(11-9-17)27(28)14-5-15-27)25(18-6-3-2-4-7-18)32-26(20)23(21)30-16/h2-4,6-13H,5,14-15,28H2,1H3,(H,29,30). The molecule has 0 bridgehead atoms. The third-order valence-corrected chi connectivity index (χ3v) is 6.66. The van der Waals surface area contributed by atoms with E-state index in [1.807, 2.05) is 73.7 Å². The third kappa shape index (κ3) is 2.82. The first kappa shape index (κ1) is 19.0. The molecule has 1 fully saturated rings. The quantitative estimate of drug-likeness (QED) is 0.394. The summed E-state index contributed by atoms with van der Waals surface area (Å²) in [5.41, 5.74) is 11.6. The summed E-state index contributed by atoms with van der Waals surface area (Å²) in [5.74, 6) is 1.33. The van der Waals surface area contributed by atoms with Crippen molar-refractivity contribution in [3.8, 4) is 22.5 Å². The summed E-state index contributed by atoms with van der Waals surface area (Å²) in [6.45, 7) is 1.89. The molecule has 5 aromatic rings. The first-order valence-corrected chi connectivity index (χ1v) is 10.9. The van der Waals surface area contributed by atoms with E-state index in [1.54, 1.807) is 0 Å². The second-order valence-electron chi connectivity index (χ2n) is 8.75. The highest BCUT2D eigenvalue weighted by Gasteiger charge is 2.34. The smallest absolute Gasteiger partial charge is 0.201 e. The Kier molecular flexibility index (Phi) is 4.10. The minimum Gasteiger partial charge on any atom is -0.453 e. The number of H-pyrrole nitrogens is 1. The van der Waals surface area contributed by atoms with Crippen LogP contribution in [0, 0.1) is 6.92 Å². The summed E-state index contributed by atoms with van der Waals surface area (Å²) in [6, 6.07) is 21.5. The molecular formula is C27H23N3O2.